The van der Waals surface area contributed by atoms with Crippen LogP contribution >= 0.6 is 0 Å². The molecule has 2 N–H and O–H groups in total. The highest BCUT2D eigenvalue weighted by molar-refractivity contribution is 6.20. The molecule has 29 heavy (non-hydrogen) atoms. The fraction of sp³-hybridized carbons (Fsp3) is 0.130. The van der Waals surface area contributed by atoms with E-state index < -0.39 is 17.5 Å². The van der Waals surface area contributed by atoms with Crippen molar-refractivity contribution in [3.63, 3.8) is 0 Å². The van der Waals surface area contributed by atoms with Gasteiger partial charge < -0.3 is 19.7 Å². The Labute approximate surface area is 168 Å². The first-order chi connectivity index (χ1) is 14.0. The quantitative estimate of drug-likeness (QED) is 0.467. The van der Waals surface area contributed by atoms with Crippen LogP contribution in [0.1, 0.15) is 32.2 Å². The third-order valence-electron chi connectivity index (χ3n) is 4.59. The second kappa shape index (κ2) is 8.48. The van der Waals surface area contributed by atoms with Crippen molar-refractivity contribution < 1.29 is 29.3 Å². The lowest BCUT2D eigenvalue weighted by atomic mass is 9.84. The second-order valence-corrected chi connectivity index (χ2v) is 6.35. The zero-order chi connectivity index (χ0) is 21.0. The van der Waals surface area contributed by atoms with Crippen LogP contribution < -0.4 is 9.47 Å². The van der Waals surface area contributed by atoms with Gasteiger partial charge in [-0.05, 0) is 42.0 Å². The number of carbonyl (C=O) groups excluding carboxylic acids is 2. The number of rotatable bonds is 7. The molecule has 0 radical (unpaired) electrons. The third-order valence-corrected chi connectivity index (χ3v) is 4.59. The van der Waals surface area contributed by atoms with Crippen molar-refractivity contribution in [2.75, 3.05) is 14.2 Å². The van der Waals surface area contributed by atoms with Gasteiger partial charge in [0.2, 0.25) is 0 Å². The second-order valence-electron chi connectivity index (χ2n) is 6.35. The van der Waals surface area contributed by atoms with E-state index in [1.807, 2.05) is 0 Å². The van der Waals surface area contributed by atoms with Crippen LogP contribution in [-0.2, 0) is 0 Å². The minimum atomic E-state index is -1.11. The predicted molar refractivity (Wildman–Crippen MR) is 107 cm³/mol. The molecule has 0 aromatic heterocycles. The molecule has 3 aromatic carbocycles. The van der Waals surface area contributed by atoms with Crippen molar-refractivity contribution in [2.45, 2.75) is 5.92 Å². The van der Waals surface area contributed by atoms with Crippen LogP contribution in [0.3, 0.4) is 0 Å². The first-order valence-corrected chi connectivity index (χ1v) is 8.83. The molecule has 0 fully saturated rings. The van der Waals surface area contributed by atoms with E-state index in [1.165, 1.54) is 50.6 Å². The number of phenols is 2. The van der Waals surface area contributed by atoms with E-state index in [0.717, 1.165) is 0 Å². The van der Waals surface area contributed by atoms with Crippen LogP contribution in [-0.4, -0.2) is 36.0 Å². The maximum atomic E-state index is 13.3. The van der Waals surface area contributed by atoms with E-state index in [0.29, 0.717) is 5.56 Å². The molecule has 0 amide bonds. The van der Waals surface area contributed by atoms with E-state index in [2.05, 4.69) is 0 Å². The molecule has 0 saturated carbocycles. The number of ketones is 2. The van der Waals surface area contributed by atoms with Gasteiger partial charge in [0.1, 0.15) is 5.92 Å². The van der Waals surface area contributed by atoms with E-state index >= 15 is 0 Å². The number of Topliss-reactive ketones (excluding diaryl/α,β-unsaturated/α-hetero) is 2. The molecule has 0 aliphatic rings. The molecule has 6 heteroatoms. The van der Waals surface area contributed by atoms with Gasteiger partial charge in [-0.3, -0.25) is 9.59 Å². The summed E-state index contributed by atoms with van der Waals surface area (Å²) < 4.78 is 10.2. The standard InChI is InChI=1S/C23H20O6/c1-28-19-12-15(8-10-17(19)24)22(26)21(14-6-4-3-5-7-14)23(27)16-9-11-18(25)20(13-16)29-2/h3-13,21,24-25H,1-2H3. The Morgan fingerprint density at radius 2 is 1.17 bits per heavy atom. The summed E-state index contributed by atoms with van der Waals surface area (Å²) in [7, 11) is 2.76. The average molecular weight is 392 g/mol. The number of carbonyl (C=O) groups is 2. The molecule has 3 aromatic rings. The maximum absolute atomic E-state index is 13.3. The summed E-state index contributed by atoms with van der Waals surface area (Å²) >= 11 is 0. The molecule has 0 aliphatic heterocycles. The summed E-state index contributed by atoms with van der Waals surface area (Å²) in [6.45, 7) is 0. The first-order valence-electron chi connectivity index (χ1n) is 8.83. The lowest BCUT2D eigenvalue weighted by molar-refractivity contribution is 0.0860. The zero-order valence-electron chi connectivity index (χ0n) is 16.0. The molecule has 0 unspecified atom stereocenters. The number of methoxy groups -OCH3 is 2. The van der Waals surface area contributed by atoms with E-state index in [4.69, 9.17) is 9.47 Å². The molecular formula is C23H20O6. The van der Waals surface area contributed by atoms with Gasteiger partial charge in [-0.2, -0.15) is 0 Å². The van der Waals surface area contributed by atoms with Gasteiger partial charge >= 0.3 is 0 Å². The molecule has 6 nitrogen and oxygen atoms in total. The molecular weight excluding hydrogens is 372 g/mol. The molecule has 0 bridgehead atoms. The fourth-order valence-electron chi connectivity index (χ4n) is 3.06. The molecule has 0 heterocycles. The number of hydrogen-bond donors (Lipinski definition) is 2. The highest BCUT2D eigenvalue weighted by atomic mass is 16.5. The molecule has 0 saturated heterocycles. The number of aromatic hydroxyl groups is 2. The van der Waals surface area contributed by atoms with Crippen LogP contribution in [0, 0.1) is 0 Å². The highest BCUT2D eigenvalue weighted by Gasteiger charge is 2.31. The van der Waals surface area contributed by atoms with Crippen LogP contribution in [0.5, 0.6) is 23.0 Å². The lowest BCUT2D eigenvalue weighted by Gasteiger charge is -2.17. The summed E-state index contributed by atoms with van der Waals surface area (Å²) in [5, 5.41) is 19.6. The lowest BCUT2D eigenvalue weighted by Crippen LogP contribution is -2.22. The van der Waals surface area contributed by atoms with Gasteiger partial charge in [-0.25, -0.2) is 0 Å². The van der Waals surface area contributed by atoms with Crippen molar-refractivity contribution in [3.8, 4) is 23.0 Å². The van der Waals surface area contributed by atoms with Gasteiger partial charge in [-0.15, -0.1) is 0 Å². The van der Waals surface area contributed by atoms with Crippen LogP contribution in [0.2, 0.25) is 0 Å². The monoisotopic (exact) mass is 392 g/mol. The maximum Gasteiger partial charge on any atom is 0.178 e. The van der Waals surface area contributed by atoms with Crippen LogP contribution in [0.15, 0.2) is 66.7 Å². The summed E-state index contributed by atoms with van der Waals surface area (Å²) in [4.78, 5) is 26.6. The largest absolute Gasteiger partial charge is 0.504 e. The Bertz CT molecular complexity index is 977. The van der Waals surface area contributed by atoms with E-state index in [9.17, 15) is 19.8 Å². The Hall–Kier alpha value is -3.80. The summed E-state index contributed by atoms with van der Waals surface area (Å²) in [5.74, 6) is -1.91. The van der Waals surface area contributed by atoms with E-state index in [-0.39, 0.29) is 34.1 Å². The minimum absolute atomic E-state index is 0.102. The van der Waals surface area contributed by atoms with Crippen LogP contribution in [0.25, 0.3) is 0 Å². The minimum Gasteiger partial charge on any atom is -0.504 e. The number of phenolic OH excluding ortho intramolecular Hbond substituents is 2. The van der Waals surface area contributed by atoms with Gasteiger partial charge in [-0.1, -0.05) is 30.3 Å². The molecule has 3 rings (SSSR count). The van der Waals surface area contributed by atoms with Crippen molar-refractivity contribution in [2.24, 2.45) is 0 Å². The summed E-state index contributed by atoms with van der Waals surface area (Å²) in [5.41, 5.74) is 0.988. The topological polar surface area (TPSA) is 93.1 Å². The fourth-order valence-corrected chi connectivity index (χ4v) is 3.06. The van der Waals surface area contributed by atoms with Crippen molar-refractivity contribution in [1.82, 2.24) is 0 Å². The van der Waals surface area contributed by atoms with Gasteiger partial charge in [0.15, 0.2) is 34.6 Å². The number of ether oxygens (including phenoxy) is 2. The smallest absolute Gasteiger partial charge is 0.178 e. The molecule has 0 atom stereocenters. The SMILES string of the molecule is COc1cc(C(=O)C(C(=O)c2ccc(O)c(OC)c2)c2ccccc2)ccc1O. The Balaban J connectivity index is 2.08. The number of hydrogen-bond acceptors (Lipinski definition) is 6. The van der Waals surface area contributed by atoms with Gasteiger partial charge in [0.25, 0.3) is 0 Å². The first kappa shape index (κ1) is 19.9. The molecule has 148 valence electrons. The van der Waals surface area contributed by atoms with Crippen molar-refractivity contribution in [3.05, 3.63) is 83.4 Å². The van der Waals surface area contributed by atoms with Crippen LogP contribution in [0.4, 0.5) is 0 Å². The zero-order valence-corrected chi connectivity index (χ0v) is 16.0. The van der Waals surface area contributed by atoms with Gasteiger partial charge in [0, 0.05) is 11.1 Å². The van der Waals surface area contributed by atoms with E-state index in [1.54, 1.807) is 30.3 Å². The normalized spacial score (nSPS) is 10.6. The Morgan fingerprint density at radius 1 is 0.724 bits per heavy atom. The highest BCUT2D eigenvalue weighted by Crippen LogP contribution is 2.33. The van der Waals surface area contributed by atoms with Crippen molar-refractivity contribution in [1.29, 1.82) is 0 Å². The summed E-state index contributed by atoms with van der Waals surface area (Å²) in [6, 6.07) is 17.1. The third kappa shape index (κ3) is 4.06. The Morgan fingerprint density at radius 3 is 1.59 bits per heavy atom. The molecule has 0 aliphatic carbocycles. The summed E-state index contributed by atoms with van der Waals surface area (Å²) in [6.07, 6.45) is 0. The van der Waals surface area contributed by atoms with Crippen molar-refractivity contribution >= 4 is 11.6 Å². The van der Waals surface area contributed by atoms with Gasteiger partial charge in [0.05, 0.1) is 14.2 Å². The number of benzene rings is 3. The predicted octanol–water partition coefficient (Wildman–Crippen LogP) is 3.96. The molecule has 0 spiro atoms. The average Bonchev–Trinajstić information content (AvgIpc) is 2.75. The Kier molecular flexibility index (Phi) is 5.83.